The van der Waals surface area contributed by atoms with Crippen molar-refractivity contribution in [3.8, 4) is 0 Å². The van der Waals surface area contributed by atoms with Crippen molar-refractivity contribution in [1.82, 2.24) is 4.98 Å². The Balaban J connectivity index is 2.50. The number of fused-ring (bicyclic) bond motifs is 1. The average molecular weight is 226 g/mol. The first-order valence-electron chi connectivity index (χ1n) is 5.01. The fraction of sp³-hybridized carbons (Fsp3) is 0.455. The summed E-state index contributed by atoms with van der Waals surface area (Å²) in [5, 5.41) is 0.421. The van der Waals surface area contributed by atoms with E-state index in [0.29, 0.717) is 10.7 Å². The zero-order chi connectivity index (χ0) is 11.0. The molecule has 0 saturated carbocycles. The van der Waals surface area contributed by atoms with Gasteiger partial charge in [-0.25, -0.2) is 9.78 Å². The van der Waals surface area contributed by atoms with Crippen LogP contribution in [0.15, 0.2) is 12.1 Å². The molecule has 0 radical (unpaired) electrons. The van der Waals surface area contributed by atoms with Crippen molar-refractivity contribution in [1.29, 1.82) is 0 Å². The van der Waals surface area contributed by atoms with E-state index < -0.39 is 0 Å². The van der Waals surface area contributed by atoms with Crippen molar-refractivity contribution in [2.45, 2.75) is 32.3 Å². The van der Waals surface area contributed by atoms with Gasteiger partial charge in [0, 0.05) is 5.92 Å². The number of esters is 1. The number of nitrogens with zero attached hydrogens (tertiary/aromatic N) is 1. The SMILES string of the molecule is CCC1OC(=O)c2ccc(Cl)nc2C1C. The van der Waals surface area contributed by atoms with Gasteiger partial charge in [-0.15, -0.1) is 0 Å². The van der Waals surface area contributed by atoms with E-state index in [2.05, 4.69) is 4.98 Å². The normalized spacial score (nSPS) is 24.6. The molecular weight excluding hydrogens is 214 g/mol. The van der Waals surface area contributed by atoms with Gasteiger partial charge >= 0.3 is 5.97 Å². The van der Waals surface area contributed by atoms with Gasteiger partial charge in [0.1, 0.15) is 11.3 Å². The summed E-state index contributed by atoms with van der Waals surface area (Å²) in [6.45, 7) is 3.99. The van der Waals surface area contributed by atoms with Crippen molar-refractivity contribution in [2.75, 3.05) is 0 Å². The largest absolute Gasteiger partial charge is 0.458 e. The van der Waals surface area contributed by atoms with Crippen LogP contribution >= 0.6 is 11.6 Å². The van der Waals surface area contributed by atoms with Crippen LogP contribution in [0.25, 0.3) is 0 Å². The Morgan fingerprint density at radius 3 is 2.93 bits per heavy atom. The second-order valence-electron chi connectivity index (χ2n) is 3.71. The number of halogens is 1. The number of carbonyl (C=O) groups is 1. The minimum Gasteiger partial charge on any atom is -0.458 e. The number of ether oxygens (including phenoxy) is 1. The van der Waals surface area contributed by atoms with Gasteiger partial charge in [-0.3, -0.25) is 0 Å². The summed E-state index contributed by atoms with van der Waals surface area (Å²) in [6.07, 6.45) is 0.705. The van der Waals surface area contributed by atoms with Crippen molar-refractivity contribution >= 4 is 17.6 Å². The highest BCUT2D eigenvalue weighted by Crippen LogP contribution is 2.31. The number of pyridine rings is 1. The second-order valence-corrected chi connectivity index (χ2v) is 4.09. The number of carbonyl (C=O) groups excluding carboxylic acids is 1. The lowest BCUT2D eigenvalue weighted by Gasteiger charge is -2.28. The first-order chi connectivity index (χ1) is 7.13. The molecule has 0 amide bonds. The van der Waals surface area contributed by atoms with Crippen LogP contribution < -0.4 is 0 Å². The van der Waals surface area contributed by atoms with Gasteiger partial charge in [0.05, 0.1) is 11.3 Å². The van der Waals surface area contributed by atoms with Crippen molar-refractivity contribution in [3.63, 3.8) is 0 Å². The second kappa shape index (κ2) is 3.81. The summed E-state index contributed by atoms with van der Waals surface area (Å²) >= 11 is 5.82. The highest BCUT2D eigenvalue weighted by atomic mass is 35.5. The van der Waals surface area contributed by atoms with Crippen LogP contribution in [0.3, 0.4) is 0 Å². The molecule has 1 aromatic heterocycles. The fourth-order valence-electron chi connectivity index (χ4n) is 1.89. The zero-order valence-electron chi connectivity index (χ0n) is 8.66. The van der Waals surface area contributed by atoms with Crippen LogP contribution in [-0.4, -0.2) is 17.1 Å². The molecule has 4 heteroatoms. The minimum atomic E-state index is -0.292. The summed E-state index contributed by atoms with van der Waals surface area (Å²) in [6, 6.07) is 3.29. The van der Waals surface area contributed by atoms with Gasteiger partial charge in [0.25, 0.3) is 0 Å². The number of hydrogen-bond acceptors (Lipinski definition) is 3. The summed E-state index contributed by atoms with van der Waals surface area (Å²) in [5.74, 6) is -0.180. The molecule has 80 valence electrons. The van der Waals surface area contributed by atoms with E-state index in [9.17, 15) is 4.79 Å². The minimum absolute atomic E-state index is 0.0871. The van der Waals surface area contributed by atoms with E-state index in [1.807, 2.05) is 13.8 Å². The molecule has 0 spiro atoms. The molecule has 2 atom stereocenters. The lowest BCUT2D eigenvalue weighted by Crippen LogP contribution is -2.31. The van der Waals surface area contributed by atoms with Crippen LogP contribution in [0.5, 0.6) is 0 Å². The van der Waals surface area contributed by atoms with Crippen molar-refractivity contribution in [2.24, 2.45) is 0 Å². The van der Waals surface area contributed by atoms with E-state index in [-0.39, 0.29) is 18.0 Å². The molecule has 0 aromatic carbocycles. The maximum Gasteiger partial charge on any atom is 0.340 e. The molecule has 1 aromatic rings. The summed E-state index contributed by atoms with van der Waals surface area (Å²) in [4.78, 5) is 15.8. The summed E-state index contributed by atoms with van der Waals surface area (Å²) in [5.41, 5.74) is 1.29. The number of rotatable bonds is 1. The van der Waals surface area contributed by atoms with E-state index in [1.54, 1.807) is 12.1 Å². The van der Waals surface area contributed by atoms with Crippen LogP contribution in [0.1, 0.15) is 42.2 Å². The first-order valence-corrected chi connectivity index (χ1v) is 5.38. The lowest BCUT2D eigenvalue weighted by molar-refractivity contribution is 0.0174. The van der Waals surface area contributed by atoms with Crippen molar-refractivity contribution in [3.05, 3.63) is 28.5 Å². The third kappa shape index (κ3) is 1.72. The molecule has 0 aliphatic carbocycles. The molecular formula is C11H12ClNO2. The third-order valence-corrected chi connectivity index (χ3v) is 2.97. The van der Waals surface area contributed by atoms with Crippen LogP contribution in [-0.2, 0) is 4.74 Å². The number of hydrogen-bond donors (Lipinski definition) is 0. The molecule has 0 bridgehead atoms. The predicted octanol–water partition coefficient (Wildman–Crippen LogP) is 2.79. The molecule has 1 aliphatic heterocycles. The first kappa shape index (κ1) is 10.4. The summed E-state index contributed by atoms with van der Waals surface area (Å²) < 4.78 is 5.29. The van der Waals surface area contributed by atoms with Gasteiger partial charge in [-0.05, 0) is 18.6 Å². The van der Waals surface area contributed by atoms with Crippen molar-refractivity contribution < 1.29 is 9.53 Å². The third-order valence-electron chi connectivity index (χ3n) is 2.76. The summed E-state index contributed by atoms with van der Waals surface area (Å²) in [7, 11) is 0. The topological polar surface area (TPSA) is 39.2 Å². The fourth-order valence-corrected chi connectivity index (χ4v) is 2.04. The lowest BCUT2D eigenvalue weighted by atomic mass is 9.92. The van der Waals surface area contributed by atoms with E-state index in [0.717, 1.165) is 12.1 Å². The Bertz CT molecular complexity index is 406. The molecule has 15 heavy (non-hydrogen) atoms. The van der Waals surface area contributed by atoms with Crippen LogP contribution in [0.2, 0.25) is 5.15 Å². The molecule has 0 saturated heterocycles. The van der Waals surface area contributed by atoms with Crippen LogP contribution in [0, 0.1) is 0 Å². The Labute approximate surface area is 93.4 Å². The Morgan fingerprint density at radius 1 is 1.53 bits per heavy atom. The monoisotopic (exact) mass is 225 g/mol. The standard InChI is InChI=1S/C11H12ClNO2/c1-3-8-6(2)10-7(11(14)15-8)4-5-9(12)13-10/h4-6,8H,3H2,1-2H3. The molecule has 0 fully saturated rings. The smallest absolute Gasteiger partial charge is 0.340 e. The molecule has 3 nitrogen and oxygen atoms in total. The molecule has 2 rings (SSSR count). The van der Waals surface area contributed by atoms with Gasteiger partial charge in [0.2, 0.25) is 0 Å². The van der Waals surface area contributed by atoms with Gasteiger partial charge in [0.15, 0.2) is 0 Å². The number of cyclic esters (lactones) is 1. The number of aromatic nitrogens is 1. The molecule has 1 aliphatic rings. The van der Waals surface area contributed by atoms with E-state index in [4.69, 9.17) is 16.3 Å². The van der Waals surface area contributed by atoms with E-state index in [1.165, 1.54) is 0 Å². The Hall–Kier alpha value is -1.09. The highest BCUT2D eigenvalue weighted by Gasteiger charge is 2.32. The zero-order valence-corrected chi connectivity index (χ0v) is 9.41. The van der Waals surface area contributed by atoms with Crippen LogP contribution in [0.4, 0.5) is 0 Å². The maximum absolute atomic E-state index is 11.6. The molecule has 0 N–H and O–H groups in total. The molecule has 2 unspecified atom stereocenters. The Kier molecular flexibility index (Phi) is 2.65. The maximum atomic E-state index is 11.6. The average Bonchev–Trinajstić information content (AvgIpc) is 2.23. The molecule has 2 heterocycles. The van der Waals surface area contributed by atoms with Gasteiger partial charge in [-0.1, -0.05) is 25.4 Å². The Morgan fingerprint density at radius 2 is 2.27 bits per heavy atom. The quantitative estimate of drug-likeness (QED) is 0.545. The predicted molar refractivity (Wildman–Crippen MR) is 57.2 cm³/mol. The van der Waals surface area contributed by atoms with E-state index >= 15 is 0 Å². The van der Waals surface area contributed by atoms with Gasteiger partial charge < -0.3 is 4.74 Å². The highest BCUT2D eigenvalue weighted by molar-refractivity contribution is 6.29. The van der Waals surface area contributed by atoms with Gasteiger partial charge in [-0.2, -0.15) is 0 Å².